The molecule has 1 atom stereocenters. The van der Waals surface area contributed by atoms with E-state index in [1.807, 2.05) is 6.07 Å². The van der Waals surface area contributed by atoms with E-state index in [4.69, 9.17) is 11.6 Å². The molecule has 178 valence electrons. The molecule has 1 amide bonds. The average Bonchev–Trinajstić information content (AvgIpc) is 2.84. The summed E-state index contributed by atoms with van der Waals surface area (Å²) in [6.45, 7) is -0.935. The number of anilines is 2. The van der Waals surface area contributed by atoms with Crippen LogP contribution >= 0.6 is 11.6 Å². The highest BCUT2D eigenvalue weighted by Gasteiger charge is 2.21. The normalized spacial score (nSPS) is 15.7. The standard InChI is InChI=1S/C24H24ClF2N5O2/c25-19-14-30-22(32-23(33)16-5-3-9-28-13-16)11-18(19)20-7-2-8-21(31-20)29-12-15-4-1-6-17(10-15)34-24(26)27/h1-2,4,6-8,10-11,14,16,24,28H,3,5,9,12-13H2,(H,29,31)(H,30,32,33)/t16-/m1/s1. The molecular formula is C24H24ClF2N5O2. The lowest BCUT2D eigenvalue weighted by atomic mass is 9.99. The van der Waals surface area contributed by atoms with Crippen molar-refractivity contribution < 1.29 is 18.3 Å². The molecule has 0 saturated carbocycles. The van der Waals surface area contributed by atoms with Crippen LogP contribution in [0.4, 0.5) is 20.4 Å². The molecule has 0 radical (unpaired) electrons. The summed E-state index contributed by atoms with van der Waals surface area (Å²) < 4.78 is 29.3. The highest BCUT2D eigenvalue weighted by molar-refractivity contribution is 6.33. The molecule has 1 fully saturated rings. The topological polar surface area (TPSA) is 88.2 Å². The molecule has 0 bridgehead atoms. The van der Waals surface area contributed by atoms with Gasteiger partial charge in [0.2, 0.25) is 5.91 Å². The van der Waals surface area contributed by atoms with Crippen LogP contribution in [-0.2, 0) is 11.3 Å². The Morgan fingerprint density at radius 2 is 2.06 bits per heavy atom. The fourth-order valence-corrected chi connectivity index (χ4v) is 3.91. The van der Waals surface area contributed by atoms with Crippen LogP contribution in [0.5, 0.6) is 5.75 Å². The van der Waals surface area contributed by atoms with Gasteiger partial charge in [-0.15, -0.1) is 0 Å². The van der Waals surface area contributed by atoms with E-state index in [0.29, 0.717) is 41.0 Å². The second kappa shape index (κ2) is 11.2. The Bertz CT molecular complexity index is 1140. The smallest absolute Gasteiger partial charge is 0.387 e. The van der Waals surface area contributed by atoms with E-state index in [-0.39, 0.29) is 17.6 Å². The maximum absolute atomic E-state index is 12.6. The summed E-state index contributed by atoms with van der Waals surface area (Å²) >= 11 is 6.38. The Morgan fingerprint density at radius 1 is 1.21 bits per heavy atom. The number of alkyl halides is 2. The second-order valence-electron chi connectivity index (χ2n) is 7.87. The van der Waals surface area contributed by atoms with Crippen LogP contribution in [0.15, 0.2) is 54.7 Å². The van der Waals surface area contributed by atoms with Crippen molar-refractivity contribution >= 4 is 29.1 Å². The van der Waals surface area contributed by atoms with Gasteiger partial charge in [-0.2, -0.15) is 8.78 Å². The van der Waals surface area contributed by atoms with Crippen molar-refractivity contribution in [3.05, 3.63) is 65.3 Å². The van der Waals surface area contributed by atoms with Gasteiger partial charge in [-0.1, -0.05) is 29.8 Å². The summed E-state index contributed by atoms with van der Waals surface area (Å²) in [4.78, 5) is 21.4. The number of rotatable bonds is 8. The molecule has 3 heterocycles. The zero-order chi connectivity index (χ0) is 23.9. The summed E-state index contributed by atoms with van der Waals surface area (Å²) in [7, 11) is 0. The van der Waals surface area contributed by atoms with Gasteiger partial charge in [0, 0.05) is 24.8 Å². The van der Waals surface area contributed by atoms with E-state index in [2.05, 4.69) is 30.7 Å². The Hall–Kier alpha value is -3.30. The predicted octanol–water partition coefficient (Wildman–Crippen LogP) is 4.95. The maximum atomic E-state index is 12.6. The van der Waals surface area contributed by atoms with E-state index in [9.17, 15) is 13.6 Å². The number of carbonyl (C=O) groups excluding carboxylic acids is 1. The number of ether oxygens (including phenoxy) is 1. The van der Waals surface area contributed by atoms with Crippen LogP contribution in [-0.4, -0.2) is 35.6 Å². The van der Waals surface area contributed by atoms with Crippen molar-refractivity contribution in [2.24, 2.45) is 5.92 Å². The quantitative estimate of drug-likeness (QED) is 0.417. The predicted molar refractivity (Wildman–Crippen MR) is 127 cm³/mol. The highest BCUT2D eigenvalue weighted by atomic mass is 35.5. The number of nitrogens with one attached hydrogen (secondary N) is 3. The molecule has 10 heteroatoms. The maximum Gasteiger partial charge on any atom is 0.387 e. The van der Waals surface area contributed by atoms with E-state index in [0.717, 1.165) is 24.9 Å². The number of aromatic nitrogens is 2. The fraction of sp³-hybridized carbons (Fsp3) is 0.292. The van der Waals surface area contributed by atoms with Gasteiger partial charge < -0.3 is 20.7 Å². The third-order valence-corrected chi connectivity index (χ3v) is 5.70. The van der Waals surface area contributed by atoms with Gasteiger partial charge in [0.25, 0.3) is 0 Å². The molecule has 1 saturated heterocycles. The van der Waals surface area contributed by atoms with Crippen LogP contribution < -0.4 is 20.7 Å². The van der Waals surface area contributed by atoms with Gasteiger partial charge in [0.1, 0.15) is 17.4 Å². The number of carbonyl (C=O) groups is 1. The summed E-state index contributed by atoms with van der Waals surface area (Å²) in [6.07, 6.45) is 3.29. The van der Waals surface area contributed by atoms with Gasteiger partial charge in [-0.3, -0.25) is 4.79 Å². The SMILES string of the molecule is O=C(Nc1cc(-c2cccc(NCc3cccc(OC(F)F)c3)n2)c(Cl)cn1)[C@@H]1CCCNC1. The molecule has 1 aromatic carbocycles. The molecule has 1 aliphatic heterocycles. The number of amides is 1. The van der Waals surface area contributed by atoms with Crippen molar-refractivity contribution in [1.82, 2.24) is 15.3 Å². The molecule has 7 nitrogen and oxygen atoms in total. The largest absolute Gasteiger partial charge is 0.435 e. The van der Waals surface area contributed by atoms with Gasteiger partial charge in [-0.25, -0.2) is 9.97 Å². The first-order valence-corrected chi connectivity index (χ1v) is 11.3. The number of pyridine rings is 2. The number of hydrogen-bond acceptors (Lipinski definition) is 6. The molecule has 0 spiro atoms. The van der Waals surface area contributed by atoms with Gasteiger partial charge in [0.05, 0.1) is 16.6 Å². The zero-order valence-electron chi connectivity index (χ0n) is 18.2. The fourth-order valence-electron chi connectivity index (χ4n) is 3.71. The van der Waals surface area contributed by atoms with Crippen molar-refractivity contribution in [1.29, 1.82) is 0 Å². The molecule has 0 unspecified atom stereocenters. The van der Waals surface area contributed by atoms with Crippen LogP contribution in [0.3, 0.4) is 0 Å². The zero-order valence-corrected chi connectivity index (χ0v) is 19.0. The van der Waals surface area contributed by atoms with Crippen LogP contribution in [0.25, 0.3) is 11.3 Å². The highest BCUT2D eigenvalue weighted by Crippen LogP contribution is 2.29. The summed E-state index contributed by atoms with van der Waals surface area (Å²) in [5.41, 5.74) is 1.99. The van der Waals surface area contributed by atoms with Gasteiger partial charge >= 0.3 is 6.61 Å². The Kier molecular flexibility index (Phi) is 7.87. The summed E-state index contributed by atoms with van der Waals surface area (Å²) in [5, 5.41) is 9.67. The lowest BCUT2D eigenvalue weighted by Crippen LogP contribution is -2.37. The van der Waals surface area contributed by atoms with E-state index in [1.165, 1.54) is 12.3 Å². The van der Waals surface area contributed by atoms with Gasteiger partial charge in [0.15, 0.2) is 0 Å². The number of piperidine rings is 1. The minimum atomic E-state index is -2.87. The monoisotopic (exact) mass is 487 g/mol. The van der Waals surface area contributed by atoms with Crippen LogP contribution in [0.2, 0.25) is 5.02 Å². The number of nitrogens with zero attached hydrogens (tertiary/aromatic N) is 2. The first-order valence-electron chi connectivity index (χ1n) is 10.9. The Balaban J connectivity index is 1.45. The Labute approximate surface area is 200 Å². The van der Waals surface area contributed by atoms with E-state index in [1.54, 1.807) is 36.4 Å². The summed E-state index contributed by atoms with van der Waals surface area (Å²) in [6, 6.07) is 13.6. The van der Waals surface area contributed by atoms with Crippen molar-refractivity contribution in [3.8, 4) is 17.0 Å². The molecule has 0 aliphatic carbocycles. The average molecular weight is 488 g/mol. The molecule has 1 aliphatic rings. The molecule has 2 aromatic heterocycles. The molecule has 3 aromatic rings. The lowest BCUT2D eigenvalue weighted by Gasteiger charge is -2.21. The number of hydrogen-bond donors (Lipinski definition) is 3. The molecule has 4 rings (SSSR count). The van der Waals surface area contributed by atoms with Crippen molar-refractivity contribution in [2.45, 2.75) is 26.0 Å². The van der Waals surface area contributed by atoms with Crippen LogP contribution in [0, 0.1) is 5.92 Å². The van der Waals surface area contributed by atoms with E-state index < -0.39 is 6.61 Å². The first-order chi connectivity index (χ1) is 16.5. The third kappa shape index (κ3) is 6.39. The third-order valence-electron chi connectivity index (χ3n) is 5.40. The van der Waals surface area contributed by atoms with Gasteiger partial charge in [-0.05, 0) is 55.3 Å². The second-order valence-corrected chi connectivity index (χ2v) is 8.28. The first kappa shape index (κ1) is 23.8. The minimum absolute atomic E-state index is 0.0746. The Morgan fingerprint density at radius 3 is 2.85 bits per heavy atom. The minimum Gasteiger partial charge on any atom is -0.435 e. The van der Waals surface area contributed by atoms with Crippen molar-refractivity contribution in [2.75, 3.05) is 23.7 Å². The van der Waals surface area contributed by atoms with Crippen LogP contribution in [0.1, 0.15) is 18.4 Å². The number of halogens is 3. The number of benzene rings is 1. The molecular weight excluding hydrogens is 464 g/mol. The van der Waals surface area contributed by atoms with Crippen molar-refractivity contribution in [3.63, 3.8) is 0 Å². The molecule has 34 heavy (non-hydrogen) atoms. The molecule has 3 N–H and O–H groups in total. The van der Waals surface area contributed by atoms with E-state index >= 15 is 0 Å². The summed E-state index contributed by atoms with van der Waals surface area (Å²) in [5.74, 6) is 0.910. The lowest BCUT2D eigenvalue weighted by molar-refractivity contribution is -0.120.